The summed E-state index contributed by atoms with van der Waals surface area (Å²) in [6.45, 7) is 7.36. The Labute approximate surface area is 110 Å². The van der Waals surface area contributed by atoms with Crippen molar-refractivity contribution in [2.75, 3.05) is 18.5 Å². The van der Waals surface area contributed by atoms with Crippen molar-refractivity contribution in [3.63, 3.8) is 0 Å². The average Bonchev–Trinajstić information content (AvgIpc) is 2.27. The Morgan fingerprint density at radius 1 is 1.29 bits per heavy atom. The Morgan fingerprint density at radius 3 is 2.47 bits per heavy atom. The molecule has 0 aliphatic carbocycles. The lowest BCUT2D eigenvalue weighted by molar-refractivity contribution is 0.505. The number of hydrogen-bond donors (Lipinski definition) is 1. The van der Waals surface area contributed by atoms with E-state index in [1.54, 1.807) is 0 Å². The second-order valence-electron chi connectivity index (χ2n) is 4.91. The SMILES string of the molecule is CC(C)C(C)N(C)c1ccc(Cl)cc1CCN. The van der Waals surface area contributed by atoms with Crippen molar-refractivity contribution in [3.05, 3.63) is 28.8 Å². The maximum absolute atomic E-state index is 6.04. The minimum atomic E-state index is 0.493. The van der Waals surface area contributed by atoms with Crippen LogP contribution in [0.25, 0.3) is 0 Å². The quantitative estimate of drug-likeness (QED) is 0.874. The van der Waals surface area contributed by atoms with Gasteiger partial charge in [0.05, 0.1) is 0 Å². The van der Waals surface area contributed by atoms with E-state index in [1.165, 1.54) is 11.3 Å². The third-order valence-corrected chi connectivity index (χ3v) is 3.65. The summed E-state index contributed by atoms with van der Waals surface area (Å²) in [7, 11) is 2.13. The van der Waals surface area contributed by atoms with Crippen LogP contribution in [0.1, 0.15) is 26.3 Å². The van der Waals surface area contributed by atoms with Crippen molar-refractivity contribution >= 4 is 17.3 Å². The number of anilines is 1. The average molecular weight is 255 g/mol. The van der Waals surface area contributed by atoms with Crippen LogP contribution in [0.2, 0.25) is 5.02 Å². The minimum absolute atomic E-state index is 0.493. The molecule has 3 heteroatoms. The van der Waals surface area contributed by atoms with E-state index >= 15 is 0 Å². The summed E-state index contributed by atoms with van der Waals surface area (Å²) in [6.07, 6.45) is 0.866. The molecule has 0 aliphatic rings. The van der Waals surface area contributed by atoms with E-state index in [4.69, 9.17) is 17.3 Å². The Balaban J connectivity index is 3.03. The fourth-order valence-corrected chi connectivity index (χ4v) is 2.12. The lowest BCUT2D eigenvalue weighted by Gasteiger charge is -2.31. The normalized spacial score (nSPS) is 12.9. The molecule has 2 N–H and O–H groups in total. The van der Waals surface area contributed by atoms with Crippen molar-refractivity contribution in [2.45, 2.75) is 33.2 Å². The zero-order chi connectivity index (χ0) is 13.0. The molecule has 96 valence electrons. The lowest BCUT2D eigenvalue weighted by Crippen LogP contribution is -2.34. The molecule has 1 atom stereocenters. The summed E-state index contributed by atoms with van der Waals surface area (Å²) in [4.78, 5) is 2.31. The van der Waals surface area contributed by atoms with Gasteiger partial charge in [-0.2, -0.15) is 0 Å². The lowest BCUT2D eigenvalue weighted by atomic mass is 10.0. The molecule has 0 aliphatic heterocycles. The van der Waals surface area contributed by atoms with Crippen molar-refractivity contribution in [2.24, 2.45) is 11.7 Å². The van der Waals surface area contributed by atoms with E-state index in [9.17, 15) is 0 Å². The van der Waals surface area contributed by atoms with Crippen LogP contribution in [-0.2, 0) is 6.42 Å². The summed E-state index contributed by atoms with van der Waals surface area (Å²) >= 11 is 6.04. The van der Waals surface area contributed by atoms with E-state index < -0.39 is 0 Å². The van der Waals surface area contributed by atoms with E-state index in [0.717, 1.165) is 11.4 Å². The van der Waals surface area contributed by atoms with Crippen LogP contribution in [0, 0.1) is 5.92 Å². The molecule has 0 aromatic heterocycles. The van der Waals surface area contributed by atoms with Crippen LogP contribution < -0.4 is 10.6 Å². The number of rotatable bonds is 5. The highest BCUT2D eigenvalue weighted by Gasteiger charge is 2.16. The molecule has 17 heavy (non-hydrogen) atoms. The molecule has 2 nitrogen and oxygen atoms in total. The largest absolute Gasteiger partial charge is 0.371 e. The summed E-state index contributed by atoms with van der Waals surface area (Å²) in [6, 6.07) is 6.55. The third kappa shape index (κ3) is 3.62. The topological polar surface area (TPSA) is 29.3 Å². The van der Waals surface area contributed by atoms with Gasteiger partial charge in [-0.05, 0) is 49.6 Å². The molecule has 0 heterocycles. The fourth-order valence-electron chi connectivity index (χ4n) is 1.92. The highest BCUT2D eigenvalue weighted by atomic mass is 35.5. The molecule has 1 aromatic carbocycles. The van der Waals surface area contributed by atoms with Gasteiger partial charge in [0.2, 0.25) is 0 Å². The van der Waals surface area contributed by atoms with Crippen LogP contribution in [0.15, 0.2) is 18.2 Å². The Kier molecular flexibility index (Phi) is 5.29. The Morgan fingerprint density at radius 2 is 1.94 bits per heavy atom. The van der Waals surface area contributed by atoms with Gasteiger partial charge in [0.1, 0.15) is 0 Å². The molecule has 0 saturated carbocycles. The minimum Gasteiger partial charge on any atom is -0.371 e. The van der Waals surface area contributed by atoms with Crippen LogP contribution in [0.5, 0.6) is 0 Å². The monoisotopic (exact) mass is 254 g/mol. The molecular weight excluding hydrogens is 232 g/mol. The summed E-state index contributed by atoms with van der Waals surface area (Å²) < 4.78 is 0. The number of hydrogen-bond acceptors (Lipinski definition) is 2. The van der Waals surface area contributed by atoms with Gasteiger partial charge in [-0.3, -0.25) is 0 Å². The summed E-state index contributed by atoms with van der Waals surface area (Å²) in [5, 5.41) is 0.780. The number of benzene rings is 1. The Bertz CT molecular complexity index is 363. The molecule has 0 radical (unpaired) electrons. The Hall–Kier alpha value is -0.730. The highest BCUT2D eigenvalue weighted by molar-refractivity contribution is 6.30. The van der Waals surface area contributed by atoms with E-state index in [2.05, 4.69) is 38.8 Å². The summed E-state index contributed by atoms with van der Waals surface area (Å²) in [5.74, 6) is 0.612. The second kappa shape index (κ2) is 6.27. The molecule has 0 saturated heterocycles. The van der Waals surface area contributed by atoms with Crippen molar-refractivity contribution < 1.29 is 0 Å². The van der Waals surface area contributed by atoms with Crippen LogP contribution in [0.4, 0.5) is 5.69 Å². The van der Waals surface area contributed by atoms with Crippen molar-refractivity contribution in [3.8, 4) is 0 Å². The van der Waals surface area contributed by atoms with Crippen LogP contribution in [-0.4, -0.2) is 19.6 Å². The van der Waals surface area contributed by atoms with E-state index in [-0.39, 0.29) is 0 Å². The van der Waals surface area contributed by atoms with Gasteiger partial charge >= 0.3 is 0 Å². The standard InChI is InChI=1S/C14H23ClN2/c1-10(2)11(3)17(4)14-6-5-13(15)9-12(14)7-8-16/h5-6,9-11H,7-8,16H2,1-4H3. The van der Waals surface area contributed by atoms with Crippen molar-refractivity contribution in [1.29, 1.82) is 0 Å². The van der Waals surface area contributed by atoms with E-state index in [0.29, 0.717) is 18.5 Å². The van der Waals surface area contributed by atoms with Crippen molar-refractivity contribution in [1.82, 2.24) is 0 Å². The van der Waals surface area contributed by atoms with Gasteiger partial charge in [-0.25, -0.2) is 0 Å². The first kappa shape index (κ1) is 14.3. The molecule has 1 unspecified atom stereocenters. The molecule has 0 amide bonds. The maximum atomic E-state index is 6.04. The first-order valence-corrected chi connectivity index (χ1v) is 6.56. The predicted octanol–water partition coefficient (Wildman–Crippen LogP) is 3.32. The second-order valence-corrected chi connectivity index (χ2v) is 5.34. The first-order valence-electron chi connectivity index (χ1n) is 6.18. The van der Waals surface area contributed by atoms with Gasteiger partial charge in [-0.1, -0.05) is 25.4 Å². The molecule has 1 rings (SSSR count). The van der Waals surface area contributed by atoms with Gasteiger partial charge in [0.15, 0.2) is 0 Å². The molecular formula is C14H23ClN2. The van der Waals surface area contributed by atoms with Gasteiger partial charge in [-0.15, -0.1) is 0 Å². The van der Waals surface area contributed by atoms with Gasteiger partial charge < -0.3 is 10.6 Å². The van der Waals surface area contributed by atoms with E-state index in [1.807, 2.05) is 12.1 Å². The smallest absolute Gasteiger partial charge is 0.0410 e. The third-order valence-electron chi connectivity index (χ3n) is 3.41. The van der Waals surface area contributed by atoms with Gasteiger partial charge in [0.25, 0.3) is 0 Å². The summed E-state index contributed by atoms with van der Waals surface area (Å²) in [5.41, 5.74) is 8.12. The molecule has 0 bridgehead atoms. The molecule has 0 spiro atoms. The first-order chi connectivity index (χ1) is 7.97. The zero-order valence-electron chi connectivity index (χ0n) is 11.2. The van der Waals surface area contributed by atoms with Crippen LogP contribution in [0.3, 0.4) is 0 Å². The van der Waals surface area contributed by atoms with Gasteiger partial charge in [0, 0.05) is 23.8 Å². The maximum Gasteiger partial charge on any atom is 0.0410 e. The fraction of sp³-hybridized carbons (Fsp3) is 0.571. The number of nitrogens with two attached hydrogens (primary N) is 1. The molecule has 1 aromatic rings. The molecule has 0 fully saturated rings. The highest BCUT2D eigenvalue weighted by Crippen LogP contribution is 2.26. The van der Waals surface area contributed by atoms with Crippen LogP contribution >= 0.6 is 11.6 Å². The predicted molar refractivity (Wildman–Crippen MR) is 76.9 cm³/mol. The zero-order valence-corrected chi connectivity index (χ0v) is 12.0. The number of halogens is 1. The number of nitrogens with zero attached hydrogens (tertiary/aromatic N) is 1.